The van der Waals surface area contributed by atoms with Gasteiger partial charge in [0.2, 0.25) is 0 Å². The Kier molecular flexibility index (Phi) is 6.08. The van der Waals surface area contributed by atoms with Crippen molar-refractivity contribution in [2.45, 2.75) is 6.54 Å². The summed E-state index contributed by atoms with van der Waals surface area (Å²) in [5.74, 6) is -2.56. The van der Waals surface area contributed by atoms with Crippen molar-refractivity contribution in [1.82, 2.24) is 10.3 Å². The number of nitrogens with zero attached hydrogens (tertiary/aromatic N) is 1. The van der Waals surface area contributed by atoms with Gasteiger partial charge in [0.05, 0.1) is 11.3 Å². The first-order chi connectivity index (χ1) is 13.5. The van der Waals surface area contributed by atoms with Crippen LogP contribution in [-0.4, -0.2) is 27.8 Å². The lowest BCUT2D eigenvalue weighted by Gasteiger charge is -2.04. The topological polar surface area (TPSA) is 96.4 Å². The molecule has 0 fully saturated rings. The number of ketones is 1. The molecule has 3 rings (SSSR count). The van der Waals surface area contributed by atoms with E-state index in [1.807, 2.05) is 36.4 Å². The van der Waals surface area contributed by atoms with Gasteiger partial charge in [0.15, 0.2) is 5.01 Å². The largest absolute Gasteiger partial charge is 0.478 e. The fourth-order valence-electron chi connectivity index (χ4n) is 2.39. The number of hydrogen-bond donors (Lipinski definition) is 2. The summed E-state index contributed by atoms with van der Waals surface area (Å²) in [6.07, 6.45) is 3.65. The Hall–Kier alpha value is -3.58. The summed E-state index contributed by atoms with van der Waals surface area (Å²) in [6, 6.07) is 15.8. The maximum atomic E-state index is 12.2. The third-order valence-corrected chi connectivity index (χ3v) is 4.65. The van der Waals surface area contributed by atoms with Gasteiger partial charge >= 0.3 is 5.97 Å². The van der Waals surface area contributed by atoms with E-state index in [1.165, 1.54) is 12.1 Å². The molecule has 0 unspecified atom stereocenters. The maximum absolute atomic E-state index is 12.2. The Morgan fingerprint density at radius 2 is 1.82 bits per heavy atom. The zero-order valence-electron chi connectivity index (χ0n) is 14.7. The first-order valence-corrected chi connectivity index (χ1v) is 9.24. The van der Waals surface area contributed by atoms with Crippen molar-refractivity contribution in [1.29, 1.82) is 0 Å². The van der Waals surface area contributed by atoms with Crippen molar-refractivity contribution in [3.8, 4) is 0 Å². The summed E-state index contributed by atoms with van der Waals surface area (Å²) in [7, 11) is 0. The minimum Gasteiger partial charge on any atom is -0.478 e. The van der Waals surface area contributed by atoms with Gasteiger partial charge in [-0.05, 0) is 29.3 Å². The summed E-state index contributed by atoms with van der Waals surface area (Å²) >= 11 is 1.10. The standard InChI is InChI=1S/C21H16N2O4S/c24-18(19(25)22-12-15-7-4-8-16(11-15)21(26)27)20-23-17(13-28-20)10-9-14-5-2-1-3-6-14/h1-11,13H,12H2,(H,22,25)(H,26,27)/b10-9+. The van der Waals surface area contributed by atoms with Gasteiger partial charge in [-0.1, -0.05) is 48.5 Å². The lowest BCUT2D eigenvalue weighted by atomic mass is 10.1. The van der Waals surface area contributed by atoms with Crippen LogP contribution in [0.5, 0.6) is 0 Å². The third-order valence-electron chi connectivity index (χ3n) is 3.80. The molecule has 1 heterocycles. The molecule has 0 saturated carbocycles. The van der Waals surface area contributed by atoms with Crippen LogP contribution in [0.1, 0.15) is 37.0 Å². The highest BCUT2D eigenvalue weighted by Crippen LogP contribution is 2.14. The number of aromatic carboxylic acids is 1. The van der Waals surface area contributed by atoms with Gasteiger partial charge in [-0.2, -0.15) is 0 Å². The fraction of sp³-hybridized carbons (Fsp3) is 0.0476. The zero-order valence-corrected chi connectivity index (χ0v) is 15.5. The van der Waals surface area contributed by atoms with Crippen molar-refractivity contribution in [3.05, 3.63) is 87.4 Å². The van der Waals surface area contributed by atoms with Crippen LogP contribution >= 0.6 is 11.3 Å². The van der Waals surface area contributed by atoms with Crippen LogP contribution in [0.25, 0.3) is 12.2 Å². The highest BCUT2D eigenvalue weighted by atomic mass is 32.1. The van der Waals surface area contributed by atoms with Gasteiger partial charge in [-0.3, -0.25) is 9.59 Å². The van der Waals surface area contributed by atoms with E-state index < -0.39 is 17.7 Å². The normalized spacial score (nSPS) is 10.7. The van der Waals surface area contributed by atoms with Crippen molar-refractivity contribution < 1.29 is 19.5 Å². The molecular formula is C21H16N2O4S. The molecule has 6 nitrogen and oxygen atoms in total. The Labute approximate surface area is 165 Å². The van der Waals surface area contributed by atoms with E-state index in [1.54, 1.807) is 23.6 Å². The van der Waals surface area contributed by atoms with Crippen LogP contribution < -0.4 is 5.32 Å². The minimum atomic E-state index is -1.05. The number of carbonyl (C=O) groups excluding carboxylic acids is 2. The lowest BCUT2D eigenvalue weighted by molar-refractivity contribution is -0.117. The van der Waals surface area contributed by atoms with Crippen molar-refractivity contribution in [2.24, 2.45) is 0 Å². The third kappa shape index (κ3) is 4.99. The van der Waals surface area contributed by atoms with Crippen molar-refractivity contribution in [2.75, 3.05) is 0 Å². The number of carboxylic acid groups (broad SMARTS) is 1. The van der Waals surface area contributed by atoms with Crippen LogP contribution in [0, 0.1) is 0 Å². The van der Waals surface area contributed by atoms with E-state index in [0.717, 1.165) is 16.9 Å². The highest BCUT2D eigenvalue weighted by Gasteiger charge is 2.19. The summed E-state index contributed by atoms with van der Waals surface area (Å²) in [6.45, 7) is 0.0534. The summed E-state index contributed by atoms with van der Waals surface area (Å²) in [5.41, 5.74) is 2.31. The summed E-state index contributed by atoms with van der Waals surface area (Å²) in [4.78, 5) is 39.5. The van der Waals surface area contributed by atoms with Gasteiger partial charge < -0.3 is 10.4 Å². The Morgan fingerprint density at radius 1 is 1.04 bits per heavy atom. The molecule has 2 aromatic carbocycles. The molecule has 0 aliphatic rings. The second kappa shape index (κ2) is 8.88. The second-order valence-electron chi connectivity index (χ2n) is 5.84. The van der Waals surface area contributed by atoms with Crippen molar-refractivity contribution in [3.63, 3.8) is 0 Å². The molecule has 0 aliphatic heterocycles. The molecule has 7 heteroatoms. The average Bonchev–Trinajstić information content (AvgIpc) is 3.20. The molecule has 140 valence electrons. The van der Waals surface area contributed by atoms with Gasteiger partial charge in [0, 0.05) is 11.9 Å². The molecule has 1 aromatic heterocycles. The number of rotatable bonds is 7. The maximum Gasteiger partial charge on any atom is 0.335 e. The van der Waals surface area contributed by atoms with E-state index in [4.69, 9.17) is 5.11 Å². The van der Waals surface area contributed by atoms with Crippen LogP contribution in [0.3, 0.4) is 0 Å². The molecule has 0 bridgehead atoms. The number of aromatic nitrogens is 1. The van der Waals surface area contributed by atoms with Gasteiger partial charge in [-0.25, -0.2) is 9.78 Å². The summed E-state index contributed by atoms with van der Waals surface area (Å²) in [5, 5.41) is 13.3. The highest BCUT2D eigenvalue weighted by molar-refractivity contribution is 7.12. The number of carboxylic acids is 1. The van der Waals surface area contributed by atoms with E-state index in [9.17, 15) is 14.4 Å². The van der Waals surface area contributed by atoms with Crippen LogP contribution in [0.15, 0.2) is 60.0 Å². The number of benzene rings is 2. The van der Waals surface area contributed by atoms with Crippen LogP contribution in [-0.2, 0) is 11.3 Å². The second-order valence-corrected chi connectivity index (χ2v) is 6.70. The van der Waals surface area contributed by atoms with Gasteiger partial charge in [-0.15, -0.1) is 11.3 Å². The summed E-state index contributed by atoms with van der Waals surface area (Å²) < 4.78 is 0. The first kappa shape index (κ1) is 19.2. The lowest BCUT2D eigenvalue weighted by Crippen LogP contribution is -2.30. The number of carbonyl (C=O) groups is 3. The molecule has 1 amide bonds. The number of nitrogens with one attached hydrogen (secondary N) is 1. The Bertz CT molecular complexity index is 1040. The van der Waals surface area contributed by atoms with Crippen molar-refractivity contribution >= 4 is 41.1 Å². The van der Waals surface area contributed by atoms with Crippen LogP contribution in [0.4, 0.5) is 0 Å². The van der Waals surface area contributed by atoms with E-state index in [2.05, 4.69) is 10.3 Å². The molecule has 0 saturated heterocycles. The predicted molar refractivity (Wildman–Crippen MR) is 107 cm³/mol. The number of Topliss-reactive ketones (excluding diaryl/α,β-unsaturated/α-hetero) is 1. The molecule has 2 N–H and O–H groups in total. The number of thiazole rings is 1. The van der Waals surface area contributed by atoms with Crippen LogP contribution in [0.2, 0.25) is 0 Å². The van der Waals surface area contributed by atoms with Gasteiger partial charge in [0.1, 0.15) is 0 Å². The van der Waals surface area contributed by atoms with E-state index >= 15 is 0 Å². The molecule has 28 heavy (non-hydrogen) atoms. The molecule has 3 aromatic rings. The average molecular weight is 392 g/mol. The van der Waals surface area contributed by atoms with E-state index in [-0.39, 0.29) is 17.1 Å². The molecule has 0 atom stereocenters. The molecule has 0 radical (unpaired) electrons. The number of hydrogen-bond acceptors (Lipinski definition) is 5. The Balaban J connectivity index is 1.60. The fourth-order valence-corrected chi connectivity index (χ4v) is 3.11. The number of amides is 1. The quantitative estimate of drug-likeness (QED) is 0.474. The molecule has 0 aliphatic carbocycles. The zero-order chi connectivity index (χ0) is 19.9. The van der Waals surface area contributed by atoms with Gasteiger partial charge in [0.25, 0.3) is 11.7 Å². The molecular weight excluding hydrogens is 376 g/mol. The predicted octanol–water partition coefficient (Wildman–Crippen LogP) is 3.51. The SMILES string of the molecule is O=C(NCc1cccc(C(=O)O)c1)C(=O)c1nc(/C=C/c2ccccc2)cs1. The Morgan fingerprint density at radius 3 is 2.57 bits per heavy atom. The first-order valence-electron chi connectivity index (χ1n) is 8.36. The van der Waals surface area contributed by atoms with E-state index in [0.29, 0.717) is 11.3 Å². The minimum absolute atomic E-state index is 0.0534. The molecule has 0 spiro atoms. The monoisotopic (exact) mass is 392 g/mol. The smallest absolute Gasteiger partial charge is 0.335 e.